The molecule has 7 nitrogen and oxygen atoms in total. The van der Waals surface area contributed by atoms with E-state index in [1.165, 1.54) is 11.1 Å². The van der Waals surface area contributed by atoms with E-state index in [4.69, 9.17) is 0 Å². The van der Waals surface area contributed by atoms with Crippen LogP contribution in [0.4, 0.5) is 0 Å². The minimum absolute atomic E-state index is 0.0608. The fourth-order valence-electron chi connectivity index (χ4n) is 2.56. The molecule has 1 unspecified atom stereocenters. The Morgan fingerprint density at radius 1 is 1.24 bits per heavy atom. The molecule has 1 atom stereocenters. The molecule has 0 fully saturated rings. The van der Waals surface area contributed by atoms with Crippen molar-refractivity contribution in [3.63, 3.8) is 0 Å². The molecule has 3 N–H and O–H groups in total. The van der Waals surface area contributed by atoms with Crippen molar-refractivity contribution >= 4 is 11.9 Å². The number of nitrogens with one attached hydrogen (secondary N) is 2. The average Bonchev–Trinajstić information content (AvgIpc) is 2.91. The summed E-state index contributed by atoms with van der Waals surface area (Å²) in [5, 5.41) is 9.36. The van der Waals surface area contributed by atoms with Crippen LogP contribution in [0.2, 0.25) is 0 Å². The molecule has 1 aromatic carbocycles. The molecule has 0 spiro atoms. The Balaban J connectivity index is 1.98. The molecule has 3 rings (SSSR count). The topological polar surface area (TPSA) is 106 Å². The van der Waals surface area contributed by atoms with E-state index in [-0.39, 0.29) is 18.7 Å². The van der Waals surface area contributed by atoms with E-state index in [0.29, 0.717) is 0 Å². The number of hydrogen-bond acceptors (Lipinski definition) is 3. The van der Waals surface area contributed by atoms with E-state index >= 15 is 0 Å². The molecule has 2 heterocycles. The van der Waals surface area contributed by atoms with Crippen LogP contribution in [0, 0.1) is 0 Å². The van der Waals surface area contributed by atoms with Gasteiger partial charge >= 0.3 is 11.7 Å². The zero-order chi connectivity index (χ0) is 15.0. The fourth-order valence-corrected chi connectivity index (χ4v) is 2.56. The van der Waals surface area contributed by atoms with E-state index < -0.39 is 23.6 Å². The van der Waals surface area contributed by atoms with Crippen LogP contribution >= 0.6 is 0 Å². The van der Waals surface area contributed by atoms with Gasteiger partial charge in [-0.05, 0) is 11.1 Å². The second-order valence-electron chi connectivity index (χ2n) is 4.92. The van der Waals surface area contributed by atoms with Crippen LogP contribution in [0.15, 0.2) is 35.3 Å². The normalized spacial score (nSPS) is 17.3. The molecule has 0 radical (unpaired) electrons. The molecule has 7 heteroatoms. The predicted octanol–water partition coefficient (Wildman–Crippen LogP) is 0.355. The Bertz CT molecular complexity index is 761. The Morgan fingerprint density at radius 2 is 1.95 bits per heavy atom. The molecular formula is C14H13N3O4. The van der Waals surface area contributed by atoms with Crippen LogP contribution in [-0.4, -0.2) is 37.9 Å². The maximum Gasteiger partial charge on any atom is 0.326 e. The zero-order valence-corrected chi connectivity index (χ0v) is 11.0. The highest BCUT2D eigenvalue weighted by Gasteiger charge is 2.35. The molecule has 1 aromatic heterocycles. The van der Waals surface area contributed by atoms with E-state index in [1.807, 2.05) is 24.3 Å². The lowest BCUT2D eigenvalue weighted by molar-refractivity contribution is -0.142. The predicted molar refractivity (Wildman–Crippen MR) is 72.9 cm³/mol. The molecule has 0 aliphatic carbocycles. The Morgan fingerprint density at radius 3 is 2.57 bits per heavy atom. The molecule has 1 amide bonds. The Kier molecular flexibility index (Phi) is 3.09. The summed E-state index contributed by atoms with van der Waals surface area (Å²) in [6.07, 6.45) is 1.51. The highest BCUT2D eigenvalue weighted by Crippen LogP contribution is 2.24. The number of aromatic amines is 2. The van der Waals surface area contributed by atoms with Gasteiger partial charge in [-0.3, -0.25) is 4.79 Å². The number of benzene rings is 1. The summed E-state index contributed by atoms with van der Waals surface area (Å²) in [5.41, 5.74) is 1.41. The lowest BCUT2D eigenvalue weighted by Gasteiger charge is -2.34. The standard InChI is InChI=1S/C14H13N3O4/c18-12(10-6-15-14(21)16-10)17-7-9-4-2-1-3-8(9)5-11(17)13(19)20/h1-4,6,11H,5,7H2,(H,19,20)(H2,15,16,21). The first kappa shape index (κ1) is 13.2. The minimum Gasteiger partial charge on any atom is -0.480 e. The molecule has 2 aromatic rings. The van der Waals surface area contributed by atoms with Crippen LogP contribution in [0.1, 0.15) is 21.6 Å². The number of carboxylic acids is 1. The van der Waals surface area contributed by atoms with Gasteiger partial charge < -0.3 is 20.0 Å². The van der Waals surface area contributed by atoms with Gasteiger partial charge in [0.15, 0.2) is 0 Å². The van der Waals surface area contributed by atoms with Crippen LogP contribution < -0.4 is 5.69 Å². The van der Waals surface area contributed by atoms with Crippen molar-refractivity contribution in [3.8, 4) is 0 Å². The summed E-state index contributed by atoms with van der Waals surface area (Å²) in [7, 11) is 0. The summed E-state index contributed by atoms with van der Waals surface area (Å²) in [6.45, 7) is 0.208. The van der Waals surface area contributed by atoms with E-state index in [0.717, 1.165) is 11.1 Å². The zero-order valence-electron chi connectivity index (χ0n) is 11.0. The third-order valence-corrected chi connectivity index (χ3v) is 3.62. The molecular weight excluding hydrogens is 274 g/mol. The number of hydrogen-bond donors (Lipinski definition) is 3. The number of carbonyl (C=O) groups is 2. The monoisotopic (exact) mass is 287 g/mol. The number of aromatic nitrogens is 2. The van der Waals surface area contributed by atoms with Crippen LogP contribution in [0.3, 0.4) is 0 Å². The fraction of sp³-hybridized carbons (Fsp3) is 0.214. The van der Waals surface area contributed by atoms with Crippen molar-refractivity contribution in [1.29, 1.82) is 0 Å². The summed E-state index contributed by atoms with van der Waals surface area (Å²) in [4.78, 5) is 40.9. The number of nitrogens with zero attached hydrogens (tertiary/aromatic N) is 1. The van der Waals surface area contributed by atoms with Crippen LogP contribution in [0.25, 0.3) is 0 Å². The molecule has 108 valence electrons. The van der Waals surface area contributed by atoms with Crippen LogP contribution in [-0.2, 0) is 17.8 Å². The van der Waals surface area contributed by atoms with E-state index in [1.54, 1.807) is 0 Å². The SMILES string of the molecule is O=C(O)C1Cc2ccccc2CN1C(=O)c1c[nH]c(=O)[nH]1. The summed E-state index contributed by atoms with van der Waals surface area (Å²) in [6, 6.07) is 6.49. The number of rotatable bonds is 2. The second-order valence-corrected chi connectivity index (χ2v) is 4.92. The number of carbonyl (C=O) groups excluding carboxylic acids is 1. The third-order valence-electron chi connectivity index (χ3n) is 3.62. The van der Waals surface area contributed by atoms with Gasteiger partial charge in [0.05, 0.1) is 0 Å². The molecule has 0 saturated carbocycles. The van der Waals surface area contributed by atoms with Gasteiger partial charge in [-0.25, -0.2) is 9.59 Å². The maximum absolute atomic E-state index is 12.4. The van der Waals surface area contributed by atoms with Crippen molar-refractivity contribution in [1.82, 2.24) is 14.9 Å². The van der Waals surface area contributed by atoms with Crippen LogP contribution in [0.5, 0.6) is 0 Å². The highest BCUT2D eigenvalue weighted by molar-refractivity contribution is 5.95. The van der Waals surface area contributed by atoms with Crippen molar-refractivity contribution in [2.75, 3.05) is 0 Å². The summed E-state index contributed by atoms with van der Waals surface area (Å²) in [5.74, 6) is -1.56. The lowest BCUT2D eigenvalue weighted by Crippen LogP contribution is -2.48. The van der Waals surface area contributed by atoms with Crippen molar-refractivity contribution in [2.45, 2.75) is 19.0 Å². The number of amides is 1. The molecule has 0 saturated heterocycles. The number of fused-ring (bicyclic) bond motifs is 1. The van der Waals surface area contributed by atoms with Gasteiger partial charge in [0.25, 0.3) is 5.91 Å². The van der Waals surface area contributed by atoms with Crippen molar-refractivity contribution in [2.24, 2.45) is 0 Å². The minimum atomic E-state index is -1.06. The molecule has 1 aliphatic heterocycles. The quantitative estimate of drug-likeness (QED) is 0.741. The Labute approximate surface area is 119 Å². The first-order chi connectivity index (χ1) is 10.1. The lowest BCUT2D eigenvalue weighted by atomic mass is 9.94. The Hall–Kier alpha value is -2.83. The van der Waals surface area contributed by atoms with E-state index in [9.17, 15) is 19.5 Å². The van der Waals surface area contributed by atoms with Gasteiger partial charge in [0, 0.05) is 19.2 Å². The number of imidazole rings is 1. The van der Waals surface area contributed by atoms with Gasteiger partial charge in [-0.15, -0.1) is 0 Å². The first-order valence-electron chi connectivity index (χ1n) is 6.44. The van der Waals surface area contributed by atoms with Gasteiger partial charge in [0.1, 0.15) is 11.7 Å². The second kappa shape index (κ2) is 4.93. The largest absolute Gasteiger partial charge is 0.480 e. The maximum atomic E-state index is 12.4. The molecule has 21 heavy (non-hydrogen) atoms. The third kappa shape index (κ3) is 2.33. The molecule has 0 bridgehead atoms. The smallest absolute Gasteiger partial charge is 0.326 e. The summed E-state index contributed by atoms with van der Waals surface area (Å²) < 4.78 is 0. The van der Waals surface area contributed by atoms with Gasteiger partial charge in [-0.1, -0.05) is 24.3 Å². The average molecular weight is 287 g/mol. The first-order valence-corrected chi connectivity index (χ1v) is 6.44. The van der Waals surface area contributed by atoms with Gasteiger partial charge in [0.2, 0.25) is 0 Å². The number of H-pyrrole nitrogens is 2. The van der Waals surface area contributed by atoms with Gasteiger partial charge in [-0.2, -0.15) is 0 Å². The molecule has 1 aliphatic rings. The van der Waals surface area contributed by atoms with Crippen molar-refractivity contribution < 1.29 is 14.7 Å². The number of carboxylic acid groups (broad SMARTS) is 1. The highest BCUT2D eigenvalue weighted by atomic mass is 16.4. The number of aliphatic carboxylic acids is 1. The van der Waals surface area contributed by atoms with E-state index in [2.05, 4.69) is 9.97 Å². The van der Waals surface area contributed by atoms with Crippen molar-refractivity contribution in [3.05, 3.63) is 57.8 Å². The summed E-state index contributed by atoms with van der Waals surface area (Å²) >= 11 is 0.